The molecule has 0 unspecified atom stereocenters. The number of benzene rings is 1. The first-order valence-electron chi connectivity index (χ1n) is 5.70. The minimum atomic E-state index is 0.0467. The van der Waals surface area contributed by atoms with Gasteiger partial charge < -0.3 is 5.32 Å². The van der Waals surface area contributed by atoms with Gasteiger partial charge in [0.2, 0.25) is 5.91 Å². The van der Waals surface area contributed by atoms with E-state index in [2.05, 4.69) is 18.8 Å². The van der Waals surface area contributed by atoms with Gasteiger partial charge in [-0.2, -0.15) is 0 Å². The number of rotatable bonds is 5. The standard InChI is InChI=1S/C14H19NO/c1-4-8-11(2)14(16)15-12(3)13-9-6-5-7-10-13/h5-7,9-11H,3-4,8H2,1-2H3,(H,15,16)/t11-/m1/s1. The van der Waals surface area contributed by atoms with Gasteiger partial charge in [-0.25, -0.2) is 0 Å². The second kappa shape index (κ2) is 6.11. The van der Waals surface area contributed by atoms with Crippen molar-refractivity contribution in [2.45, 2.75) is 26.7 Å². The van der Waals surface area contributed by atoms with E-state index in [4.69, 9.17) is 0 Å². The second-order valence-electron chi connectivity index (χ2n) is 4.02. The molecule has 0 spiro atoms. The summed E-state index contributed by atoms with van der Waals surface area (Å²) >= 11 is 0. The van der Waals surface area contributed by atoms with E-state index < -0.39 is 0 Å². The Morgan fingerprint density at radius 3 is 2.56 bits per heavy atom. The van der Waals surface area contributed by atoms with Gasteiger partial charge in [0, 0.05) is 11.6 Å². The van der Waals surface area contributed by atoms with E-state index in [0.717, 1.165) is 18.4 Å². The van der Waals surface area contributed by atoms with Crippen LogP contribution in [0.2, 0.25) is 0 Å². The lowest BCUT2D eigenvalue weighted by atomic mass is 10.0. The predicted octanol–water partition coefficient (Wildman–Crippen LogP) is 3.21. The molecule has 16 heavy (non-hydrogen) atoms. The van der Waals surface area contributed by atoms with Gasteiger partial charge in [-0.15, -0.1) is 0 Å². The maximum absolute atomic E-state index is 11.7. The van der Waals surface area contributed by atoms with Gasteiger partial charge in [0.05, 0.1) is 0 Å². The van der Waals surface area contributed by atoms with Crippen LogP contribution < -0.4 is 5.32 Å². The molecule has 1 atom stereocenters. The van der Waals surface area contributed by atoms with Crippen LogP contribution in [0, 0.1) is 5.92 Å². The van der Waals surface area contributed by atoms with Crippen LogP contribution in [-0.4, -0.2) is 5.91 Å². The molecule has 0 bridgehead atoms. The number of carbonyl (C=O) groups is 1. The number of amides is 1. The molecule has 0 heterocycles. The van der Waals surface area contributed by atoms with Crippen molar-refractivity contribution in [2.75, 3.05) is 0 Å². The first-order chi connectivity index (χ1) is 7.65. The quantitative estimate of drug-likeness (QED) is 0.806. The fourth-order valence-electron chi connectivity index (χ4n) is 1.55. The molecule has 0 saturated carbocycles. The van der Waals surface area contributed by atoms with Crippen LogP contribution >= 0.6 is 0 Å². The van der Waals surface area contributed by atoms with Crippen molar-refractivity contribution in [1.29, 1.82) is 0 Å². The van der Waals surface area contributed by atoms with Gasteiger partial charge in [0.1, 0.15) is 0 Å². The van der Waals surface area contributed by atoms with Crippen molar-refractivity contribution in [3.63, 3.8) is 0 Å². The monoisotopic (exact) mass is 217 g/mol. The Morgan fingerprint density at radius 2 is 2.00 bits per heavy atom. The van der Waals surface area contributed by atoms with Gasteiger partial charge in [0.25, 0.3) is 0 Å². The Labute approximate surface area is 97.4 Å². The molecule has 2 nitrogen and oxygen atoms in total. The average molecular weight is 217 g/mol. The molecule has 2 heteroatoms. The summed E-state index contributed by atoms with van der Waals surface area (Å²) in [6, 6.07) is 9.68. The highest BCUT2D eigenvalue weighted by molar-refractivity contribution is 5.87. The van der Waals surface area contributed by atoms with Crippen molar-refractivity contribution in [3.05, 3.63) is 42.5 Å². The molecule has 1 rings (SSSR count). The highest BCUT2D eigenvalue weighted by Gasteiger charge is 2.12. The lowest BCUT2D eigenvalue weighted by molar-refractivity contribution is -0.123. The van der Waals surface area contributed by atoms with E-state index in [-0.39, 0.29) is 11.8 Å². The molecular formula is C14H19NO. The molecule has 0 aliphatic carbocycles. The van der Waals surface area contributed by atoms with Crippen LogP contribution in [0.1, 0.15) is 32.3 Å². The third-order valence-electron chi connectivity index (χ3n) is 2.57. The van der Waals surface area contributed by atoms with Crippen molar-refractivity contribution in [2.24, 2.45) is 5.92 Å². The Kier molecular flexibility index (Phi) is 4.77. The lowest BCUT2D eigenvalue weighted by Crippen LogP contribution is -2.27. The maximum Gasteiger partial charge on any atom is 0.227 e. The van der Waals surface area contributed by atoms with Gasteiger partial charge in [-0.05, 0) is 12.0 Å². The van der Waals surface area contributed by atoms with E-state index >= 15 is 0 Å². The van der Waals surface area contributed by atoms with E-state index in [1.807, 2.05) is 37.3 Å². The third kappa shape index (κ3) is 3.54. The fourth-order valence-corrected chi connectivity index (χ4v) is 1.55. The zero-order chi connectivity index (χ0) is 12.0. The molecule has 1 aromatic rings. The van der Waals surface area contributed by atoms with Crippen LogP contribution in [-0.2, 0) is 4.79 Å². The summed E-state index contributed by atoms with van der Waals surface area (Å²) < 4.78 is 0. The normalized spacial score (nSPS) is 11.9. The lowest BCUT2D eigenvalue weighted by Gasteiger charge is -2.13. The Bertz CT molecular complexity index is 356. The number of hydrogen-bond acceptors (Lipinski definition) is 1. The SMILES string of the molecule is C=C(NC(=O)[C@H](C)CCC)c1ccccc1. The third-order valence-corrected chi connectivity index (χ3v) is 2.57. The molecule has 0 saturated heterocycles. The molecule has 0 fully saturated rings. The van der Waals surface area contributed by atoms with Crippen molar-refractivity contribution >= 4 is 11.6 Å². The summed E-state index contributed by atoms with van der Waals surface area (Å²) in [6.07, 6.45) is 1.93. The highest BCUT2D eigenvalue weighted by Crippen LogP contribution is 2.11. The van der Waals surface area contributed by atoms with Crippen molar-refractivity contribution < 1.29 is 4.79 Å². The molecule has 1 amide bonds. The van der Waals surface area contributed by atoms with Gasteiger partial charge in [-0.3, -0.25) is 4.79 Å². The van der Waals surface area contributed by atoms with Gasteiger partial charge in [0.15, 0.2) is 0 Å². The zero-order valence-corrected chi connectivity index (χ0v) is 9.99. The largest absolute Gasteiger partial charge is 0.326 e. The van der Waals surface area contributed by atoms with Crippen molar-refractivity contribution in [1.82, 2.24) is 5.32 Å². The summed E-state index contributed by atoms with van der Waals surface area (Å²) in [5.74, 6) is 0.0983. The Balaban J connectivity index is 2.55. The Morgan fingerprint density at radius 1 is 1.38 bits per heavy atom. The summed E-state index contributed by atoms with van der Waals surface area (Å²) in [4.78, 5) is 11.7. The molecule has 86 valence electrons. The molecule has 0 aromatic heterocycles. The van der Waals surface area contributed by atoms with E-state index in [1.54, 1.807) is 0 Å². The highest BCUT2D eigenvalue weighted by atomic mass is 16.1. The fraction of sp³-hybridized carbons (Fsp3) is 0.357. The zero-order valence-electron chi connectivity index (χ0n) is 9.99. The topological polar surface area (TPSA) is 29.1 Å². The molecular weight excluding hydrogens is 198 g/mol. The van der Waals surface area contributed by atoms with E-state index in [0.29, 0.717) is 5.70 Å². The van der Waals surface area contributed by atoms with Crippen LogP contribution in [0.5, 0.6) is 0 Å². The maximum atomic E-state index is 11.7. The van der Waals surface area contributed by atoms with Gasteiger partial charge >= 0.3 is 0 Å². The van der Waals surface area contributed by atoms with Gasteiger partial charge in [-0.1, -0.05) is 57.2 Å². The summed E-state index contributed by atoms with van der Waals surface area (Å²) in [7, 11) is 0. The first-order valence-corrected chi connectivity index (χ1v) is 5.70. The minimum Gasteiger partial charge on any atom is -0.326 e. The number of carbonyl (C=O) groups excluding carboxylic acids is 1. The van der Waals surface area contributed by atoms with E-state index in [1.165, 1.54) is 0 Å². The minimum absolute atomic E-state index is 0.0467. The Hall–Kier alpha value is -1.57. The molecule has 0 aliphatic rings. The van der Waals surface area contributed by atoms with Crippen LogP contribution in [0.15, 0.2) is 36.9 Å². The molecule has 1 aromatic carbocycles. The predicted molar refractivity (Wildman–Crippen MR) is 67.7 cm³/mol. The summed E-state index contributed by atoms with van der Waals surface area (Å²) in [5, 5.41) is 2.85. The van der Waals surface area contributed by atoms with Crippen molar-refractivity contribution in [3.8, 4) is 0 Å². The smallest absolute Gasteiger partial charge is 0.227 e. The molecule has 0 radical (unpaired) electrons. The van der Waals surface area contributed by atoms with Crippen LogP contribution in [0.25, 0.3) is 5.70 Å². The summed E-state index contributed by atoms with van der Waals surface area (Å²) in [5.41, 5.74) is 1.63. The average Bonchev–Trinajstić information content (AvgIpc) is 2.30. The summed E-state index contributed by atoms with van der Waals surface area (Å²) in [6.45, 7) is 7.90. The first kappa shape index (κ1) is 12.5. The number of nitrogens with one attached hydrogen (secondary N) is 1. The van der Waals surface area contributed by atoms with Crippen LogP contribution in [0.3, 0.4) is 0 Å². The molecule has 1 N–H and O–H groups in total. The number of hydrogen-bond donors (Lipinski definition) is 1. The van der Waals surface area contributed by atoms with E-state index in [9.17, 15) is 4.79 Å². The second-order valence-corrected chi connectivity index (χ2v) is 4.02. The molecule has 0 aliphatic heterocycles. The van der Waals surface area contributed by atoms with Crippen LogP contribution in [0.4, 0.5) is 0 Å².